The molecular weight excluding hydrogens is 152 g/mol. The molecule has 0 aromatic rings. The summed E-state index contributed by atoms with van der Waals surface area (Å²) < 4.78 is 2.09. The second kappa shape index (κ2) is 1.91. The Morgan fingerprint density at radius 3 is 3.33 bits per heavy atom. The van der Waals surface area contributed by atoms with Crippen molar-refractivity contribution in [1.82, 2.24) is 14.5 Å². The Morgan fingerprint density at radius 2 is 2.33 bits per heavy atom. The molecule has 0 saturated carbocycles. The molecule has 0 atom stereocenters. The van der Waals surface area contributed by atoms with Gasteiger partial charge >= 0.3 is 0 Å². The molecule has 3 aliphatic rings. The number of rotatable bonds is 0. The Hall–Kier alpha value is -1.71. The summed E-state index contributed by atoms with van der Waals surface area (Å²) in [5, 5.41) is 0. The highest BCUT2D eigenvalue weighted by Crippen LogP contribution is 2.20. The van der Waals surface area contributed by atoms with Gasteiger partial charge in [0, 0.05) is 12.4 Å². The zero-order chi connectivity index (χ0) is 7.97. The van der Waals surface area contributed by atoms with E-state index < -0.39 is 0 Å². The van der Waals surface area contributed by atoms with Gasteiger partial charge < -0.3 is 4.57 Å². The summed E-state index contributed by atoms with van der Waals surface area (Å²) >= 11 is 0. The lowest BCUT2D eigenvalue weighted by Gasteiger charge is -2.06. The number of aliphatic imine (C=N–C) groups is 1. The highest BCUT2D eigenvalue weighted by Gasteiger charge is 2.14. The summed E-state index contributed by atoms with van der Waals surface area (Å²) in [7, 11) is 0. The number of hydrogen-bond donors (Lipinski definition) is 0. The second-order valence-electron chi connectivity index (χ2n) is 2.72. The first kappa shape index (κ1) is 5.88. The maximum absolute atomic E-state index is 4.19. The number of aromatic nitrogens is 3. The molecule has 0 saturated heterocycles. The van der Waals surface area contributed by atoms with Crippen molar-refractivity contribution in [2.75, 3.05) is 0 Å². The largest absolute Gasteiger partial charge is 0.315 e. The summed E-state index contributed by atoms with van der Waals surface area (Å²) in [5.41, 5.74) is 2.11. The Morgan fingerprint density at radius 1 is 1.33 bits per heavy atom. The van der Waals surface area contributed by atoms with Crippen molar-refractivity contribution in [1.29, 1.82) is 0 Å². The van der Waals surface area contributed by atoms with E-state index in [-0.39, 0.29) is 0 Å². The van der Waals surface area contributed by atoms with Gasteiger partial charge in [-0.15, -0.1) is 0 Å². The van der Waals surface area contributed by atoms with Crippen LogP contribution in [0.3, 0.4) is 0 Å². The van der Waals surface area contributed by atoms with Crippen LogP contribution in [0.15, 0.2) is 23.5 Å². The summed E-state index contributed by atoms with van der Waals surface area (Å²) in [4.78, 5) is 12.4. The predicted octanol–water partition coefficient (Wildman–Crippen LogP) is 0.773. The molecule has 0 bridgehead atoms. The average Bonchev–Trinajstić information content (AvgIpc) is 2.71. The van der Waals surface area contributed by atoms with Gasteiger partial charge in [-0.2, -0.15) is 0 Å². The summed E-state index contributed by atoms with van der Waals surface area (Å²) in [6.07, 6.45) is 5.40. The normalized spacial score (nSPS) is 14.0. The van der Waals surface area contributed by atoms with Gasteiger partial charge in [0.1, 0.15) is 6.67 Å². The Balaban J connectivity index is 2.41. The fourth-order valence-electron chi connectivity index (χ4n) is 1.44. The molecular formula is C8H6N4. The third kappa shape index (κ3) is 0.592. The maximum atomic E-state index is 4.19. The molecule has 0 fully saturated rings. The molecule has 3 rings (SSSR count). The molecule has 3 heterocycles. The Labute approximate surface area is 68.9 Å². The molecule has 3 aliphatic heterocycles. The zero-order valence-electron chi connectivity index (χ0n) is 6.31. The van der Waals surface area contributed by atoms with Crippen molar-refractivity contribution in [3.05, 3.63) is 24.2 Å². The first-order chi connectivity index (χ1) is 5.95. The highest BCUT2D eigenvalue weighted by atomic mass is 15.2. The minimum absolute atomic E-state index is 0.694. The first-order valence-electron chi connectivity index (χ1n) is 3.75. The van der Waals surface area contributed by atoms with Crippen molar-refractivity contribution in [3.63, 3.8) is 0 Å². The van der Waals surface area contributed by atoms with Gasteiger partial charge in [0.05, 0.1) is 17.6 Å². The number of nitrogens with zero attached hydrogens (tertiary/aromatic N) is 4. The van der Waals surface area contributed by atoms with Gasteiger partial charge in [0.15, 0.2) is 5.82 Å². The van der Waals surface area contributed by atoms with Gasteiger partial charge in [-0.1, -0.05) is 0 Å². The van der Waals surface area contributed by atoms with Crippen LogP contribution in [-0.2, 0) is 6.67 Å². The van der Waals surface area contributed by atoms with Crippen LogP contribution >= 0.6 is 0 Å². The van der Waals surface area contributed by atoms with Crippen molar-refractivity contribution in [2.24, 2.45) is 4.99 Å². The minimum Gasteiger partial charge on any atom is -0.315 e. The number of hydrogen-bond acceptors (Lipinski definition) is 3. The SMILES string of the molecule is C1=NCn2c1cnc1nccc2-1. The van der Waals surface area contributed by atoms with Crippen LogP contribution in [0, 0.1) is 0 Å². The highest BCUT2D eigenvalue weighted by molar-refractivity contribution is 5.80. The lowest BCUT2D eigenvalue weighted by Crippen LogP contribution is -2.03. The van der Waals surface area contributed by atoms with Gasteiger partial charge in [-0.25, -0.2) is 9.97 Å². The topological polar surface area (TPSA) is 43.1 Å². The summed E-state index contributed by atoms with van der Waals surface area (Å²) in [5.74, 6) is 0.796. The fourth-order valence-corrected chi connectivity index (χ4v) is 1.44. The quantitative estimate of drug-likeness (QED) is 0.568. The van der Waals surface area contributed by atoms with Crippen LogP contribution in [-0.4, -0.2) is 20.7 Å². The van der Waals surface area contributed by atoms with Gasteiger partial charge in [0.25, 0.3) is 0 Å². The van der Waals surface area contributed by atoms with E-state index in [9.17, 15) is 0 Å². The lowest BCUT2D eigenvalue weighted by molar-refractivity contribution is 0.755. The van der Waals surface area contributed by atoms with Crippen molar-refractivity contribution in [3.8, 4) is 11.5 Å². The van der Waals surface area contributed by atoms with Crippen molar-refractivity contribution in [2.45, 2.75) is 6.67 Å². The van der Waals surface area contributed by atoms with E-state index in [1.165, 1.54) is 0 Å². The van der Waals surface area contributed by atoms with E-state index in [0.29, 0.717) is 6.67 Å². The van der Waals surface area contributed by atoms with E-state index >= 15 is 0 Å². The molecule has 0 N–H and O–H groups in total. The molecule has 0 spiro atoms. The molecule has 0 amide bonds. The van der Waals surface area contributed by atoms with Crippen LogP contribution < -0.4 is 0 Å². The van der Waals surface area contributed by atoms with Crippen LogP contribution in [0.25, 0.3) is 11.5 Å². The monoisotopic (exact) mass is 158 g/mol. The van der Waals surface area contributed by atoms with E-state index in [2.05, 4.69) is 19.5 Å². The molecule has 0 aliphatic carbocycles. The van der Waals surface area contributed by atoms with E-state index in [1.807, 2.05) is 12.3 Å². The maximum Gasteiger partial charge on any atom is 0.176 e. The smallest absolute Gasteiger partial charge is 0.176 e. The lowest BCUT2D eigenvalue weighted by atomic mass is 10.3. The third-order valence-electron chi connectivity index (χ3n) is 2.03. The summed E-state index contributed by atoms with van der Waals surface area (Å²) in [6, 6.07) is 1.96. The average molecular weight is 158 g/mol. The zero-order valence-corrected chi connectivity index (χ0v) is 6.31. The van der Waals surface area contributed by atoms with Gasteiger partial charge in [-0.3, -0.25) is 4.99 Å². The molecule has 0 unspecified atom stereocenters. The summed E-state index contributed by atoms with van der Waals surface area (Å²) in [6.45, 7) is 0.694. The first-order valence-corrected chi connectivity index (χ1v) is 3.75. The predicted molar refractivity (Wildman–Crippen MR) is 44.2 cm³/mol. The van der Waals surface area contributed by atoms with Crippen LogP contribution in [0.2, 0.25) is 0 Å². The molecule has 4 heteroatoms. The molecule has 12 heavy (non-hydrogen) atoms. The van der Waals surface area contributed by atoms with Crippen molar-refractivity contribution < 1.29 is 0 Å². The van der Waals surface area contributed by atoms with E-state index in [0.717, 1.165) is 17.2 Å². The van der Waals surface area contributed by atoms with E-state index in [1.54, 1.807) is 12.4 Å². The van der Waals surface area contributed by atoms with Crippen LogP contribution in [0.5, 0.6) is 0 Å². The van der Waals surface area contributed by atoms with Crippen molar-refractivity contribution >= 4 is 6.21 Å². The Kier molecular flexibility index (Phi) is 0.935. The Bertz CT molecular complexity index is 429. The van der Waals surface area contributed by atoms with Gasteiger partial charge in [0.2, 0.25) is 0 Å². The second-order valence-corrected chi connectivity index (χ2v) is 2.72. The molecule has 0 radical (unpaired) electrons. The van der Waals surface area contributed by atoms with E-state index in [4.69, 9.17) is 0 Å². The molecule has 0 aromatic heterocycles. The molecule has 0 aromatic carbocycles. The third-order valence-corrected chi connectivity index (χ3v) is 2.03. The minimum atomic E-state index is 0.694. The van der Waals surface area contributed by atoms with Gasteiger partial charge in [-0.05, 0) is 6.07 Å². The number of fused-ring (bicyclic) bond motifs is 3. The van der Waals surface area contributed by atoms with Crippen LogP contribution in [0.1, 0.15) is 5.69 Å². The van der Waals surface area contributed by atoms with Crippen LogP contribution in [0.4, 0.5) is 0 Å². The standard InChI is InChI=1S/C8H6N4/c1-2-10-8-7(1)12-5-9-3-6(12)4-11-8/h1-4H,5H2. The fraction of sp³-hybridized carbons (Fsp3) is 0.125. The molecule has 58 valence electrons. The molecule has 4 nitrogen and oxygen atoms in total.